The van der Waals surface area contributed by atoms with Crippen molar-refractivity contribution in [2.24, 2.45) is 0 Å². The Morgan fingerprint density at radius 3 is 2.78 bits per heavy atom. The smallest absolute Gasteiger partial charge is 0.255 e. The molecule has 3 rings (SSSR count). The number of hydrogen-bond acceptors (Lipinski definition) is 6. The molecule has 124 valence electrons. The van der Waals surface area contributed by atoms with Gasteiger partial charge in [0.15, 0.2) is 11.5 Å². The molecular weight excluding hydrogens is 302 g/mol. The highest BCUT2D eigenvalue weighted by atomic mass is 16.7. The van der Waals surface area contributed by atoms with E-state index in [4.69, 9.17) is 14.2 Å². The van der Waals surface area contributed by atoms with E-state index < -0.39 is 17.3 Å². The number of methoxy groups -OCH3 is 1. The second-order valence-electron chi connectivity index (χ2n) is 6.06. The van der Waals surface area contributed by atoms with Crippen LogP contribution in [0.5, 0.6) is 17.2 Å². The van der Waals surface area contributed by atoms with E-state index in [-0.39, 0.29) is 18.8 Å². The molecule has 0 radical (unpaired) electrons. The maximum absolute atomic E-state index is 12.5. The molecule has 7 heteroatoms. The van der Waals surface area contributed by atoms with Crippen LogP contribution in [0.3, 0.4) is 0 Å². The predicted molar refractivity (Wildman–Crippen MR) is 83.3 cm³/mol. The van der Waals surface area contributed by atoms with Gasteiger partial charge < -0.3 is 29.4 Å². The molecule has 1 aliphatic rings. The number of fused-ring (bicyclic) bond motifs is 3. The van der Waals surface area contributed by atoms with E-state index in [0.29, 0.717) is 28.2 Å². The molecule has 2 heterocycles. The van der Waals surface area contributed by atoms with Crippen LogP contribution in [0, 0.1) is 0 Å². The highest BCUT2D eigenvalue weighted by Gasteiger charge is 2.29. The zero-order valence-electron chi connectivity index (χ0n) is 13.2. The molecule has 0 spiro atoms. The van der Waals surface area contributed by atoms with E-state index in [2.05, 4.69) is 4.98 Å². The number of aliphatic hydroxyl groups is 2. The topological polar surface area (TPSA) is 101 Å². The number of H-pyrrole nitrogens is 1. The molecule has 3 N–H and O–H groups in total. The quantitative estimate of drug-likeness (QED) is 0.775. The lowest BCUT2D eigenvalue weighted by molar-refractivity contribution is -0.0472. The summed E-state index contributed by atoms with van der Waals surface area (Å²) >= 11 is 0. The molecule has 1 aromatic carbocycles. The fourth-order valence-electron chi connectivity index (χ4n) is 2.60. The summed E-state index contributed by atoms with van der Waals surface area (Å²) in [5.74, 6) is 1.37. The number of nitrogens with one attached hydrogen (secondary N) is 1. The second kappa shape index (κ2) is 5.43. The number of aromatic nitrogens is 1. The summed E-state index contributed by atoms with van der Waals surface area (Å²) < 4.78 is 16.1. The van der Waals surface area contributed by atoms with Crippen LogP contribution < -0.4 is 19.8 Å². The van der Waals surface area contributed by atoms with E-state index in [1.54, 1.807) is 12.1 Å². The van der Waals surface area contributed by atoms with Gasteiger partial charge in [-0.25, -0.2) is 0 Å². The van der Waals surface area contributed by atoms with Crippen LogP contribution in [0.4, 0.5) is 0 Å². The van der Waals surface area contributed by atoms with Crippen LogP contribution in [0.25, 0.3) is 10.9 Å². The first-order valence-electron chi connectivity index (χ1n) is 7.25. The Kier molecular flexibility index (Phi) is 3.69. The van der Waals surface area contributed by atoms with E-state index in [9.17, 15) is 15.0 Å². The monoisotopic (exact) mass is 321 g/mol. The summed E-state index contributed by atoms with van der Waals surface area (Å²) in [7, 11) is 1.46. The Balaban J connectivity index is 2.18. The van der Waals surface area contributed by atoms with Gasteiger partial charge in [0.2, 0.25) is 6.79 Å². The van der Waals surface area contributed by atoms with Crippen molar-refractivity contribution in [1.29, 1.82) is 0 Å². The first-order chi connectivity index (χ1) is 10.8. The Morgan fingerprint density at radius 2 is 2.13 bits per heavy atom. The fourth-order valence-corrected chi connectivity index (χ4v) is 2.60. The summed E-state index contributed by atoms with van der Waals surface area (Å²) in [6.07, 6.45) is -1.14. The van der Waals surface area contributed by atoms with Gasteiger partial charge >= 0.3 is 0 Å². The SMILES string of the molecule is COc1c(C[C@H](O)C(C)(C)O)c(=O)[nH]c2c3c(ccc12)OCO3. The Labute approximate surface area is 132 Å². The molecule has 0 unspecified atom stereocenters. The summed E-state index contributed by atoms with van der Waals surface area (Å²) in [5.41, 5.74) is -0.972. The van der Waals surface area contributed by atoms with Crippen molar-refractivity contribution >= 4 is 10.9 Å². The number of hydrogen-bond donors (Lipinski definition) is 3. The van der Waals surface area contributed by atoms with Gasteiger partial charge in [-0.1, -0.05) is 0 Å². The highest BCUT2D eigenvalue weighted by Crippen LogP contribution is 2.41. The number of pyridine rings is 1. The number of ether oxygens (including phenoxy) is 3. The van der Waals surface area contributed by atoms with Crippen LogP contribution >= 0.6 is 0 Å². The molecule has 0 saturated heterocycles. The van der Waals surface area contributed by atoms with Crippen molar-refractivity contribution in [2.45, 2.75) is 32.0 Å². The first-order valence-corrected chi connectivity index (χ1v) is 7.25. The maximum Gasteiger partial charge on any atom is 0.255 e. The highest BCUT2D eigenvalue weighted by molar-refractivity contribution is 5.93. The second-order valence-corrected chi connectivity index (χ2v) is 6.06. The molecule has 0 bridgehead atoms. The number of aliphatic hydroxyl groups excluding tert-OH is 1. The van der Waals surface area contributed by atoms with Crippen molar-refractivity contribution in [2.75, 3.05) is 13.9 Å². The molecule has 2 aromatic rings. The van der Waals surface area contributed by atoms with Crippen LogP contribution in [-0.2, 0) is 6.42 Å². The Hall–Kier alpha value is -2.25. The Bertz CT molecular complexity index is 805. The van der Waals surface area contributed by atoms with Gasteiger partial charge in [-0.3, -0.25) is 4.79 Å². The summed E-state index contributed by atoms with van der Waals surface area (Å²) in [6, 6.07) is 3.50. The third-order valence-electron chi connectivity index (χ3n) is 3.99. The van der Waals surface area contributed by atoms with Gasteiger partial charge in [0.25, 0.3) is 5.56 Å². The van der Waals surface area contributed by atoms with Gasteiger partial charge in [-0.05, 0) is 26.0 Å². The van der Waals surface area contributed by atoms with Crippen molar-refractivity contribution in [3.8, 4) is 17.2 Å². The molecule has 1 aromatic heterocycles. The van der Waals surface area contributed by atoms with Crippen molar-refractivity contribution < 1.29 is 24.4 Å². The predicted octanol–water partition coefficient (Wildman–Crippen LogP) is 0.940. The minimum atomic E-state index is -1.33. The van der Waals surface area contributed by atoms with E-state index in [1.807, 2.05) is 0 Å². The molecule has 1 aliphatic heterocycles. The number of benzene rings is 1. The third-order valence-corrected chi connectivity index (χ3v) is 3.99. The minimum absolute atomic E-state index is 0.0353. The molecule has 1 atom stereocenters. The van der Waals surface area contributed by atoms with Gasteiger partial charge in [-0.2, -0.15) is 0 Å². The zero-order valence-corrected chi connectivity index (χ0v) is 13.2. The molecule has 0 amide bonds. The van der Waals surface area contributed by atoms with E-state index in [0.717, 1.165) is 0 Å². The van der Waals surface area contributed by atoms with Gasteiger partial charge in [-0.15, -0.1) is 0 Å². The molecule has 23 heavy (non-hydrogen) atoms. The fraction of sp³-hybridized carbons (Fsp3) is 0.438. The van der Waals surface area contributed by atoms with Crippen LogP contribution in [0.15, 0.2) is 16.9 Å². The largest absolute Gasteiger partial charge is 0.496 e. The standard InChI is InChI=1S/C16H19NO6/c1-16(2,20)11(18)6-9-13(21-3)8-4-5-10-14(23-7-22-10)12(8)17-15(9)19/h4-5,11,18,20H,6-7H2,1-3H3,(H,17,19)/t11-/m0/s1. The lowest BCUT2D eigenvalue weighted by Gasteiger charge is -2.25. The van der Waals surface area contributed by atoms with Crippen molar-refractivity contribution in [1.82, 2.24) is 4.98 Å². The van der Waals surface area contributed by atoms with Gasteiger partial charge in [0.05, 0.1) is 29.9 Å². The molecule has 0 fully saturated rings. The third kappa shape index (κ3) is 2.62. The summed E-state index contributed by atoms with van der Waals surface area (Å²) in [4.78, 5) is 15.2. The van der Waals surface area contributed by atoms with Gasteiger partial charge in [0, 0.05) is 11.8 Å². The van der Waals surface area contributed by atoms with Gasteiger partial charge in [0.1, 0.15) is 5.75 Å². The van der Waals surface area contributed by atoms with Crippen LogP contribution in [0.2, 0.25) is 0 Å². The average Bonchev–Trinajstić information content (AvgIpc) is 2.95. The lowest BCUT2D eigenvalue weighted by Crippen LogP contribution is -2.38. The first kappa shape index (κ1) is 15.6. The zero-order chi connectivity index (χ0) is 16.8. The molecule has 0 aliphatic carbocycles. The Morgan fingerprint density at radius 1 is 1.39 bits per heavy atom. The van der Waals surface area contributed by atoms with E-state index in [1.165, 1.54) is 21.0 Å². The van der Waals surface area contributed by atoms with Crippen LogP contribution in [-0.4, -0.2) is 40.8 Å². The lowest BCUT2D eigenvalue weighted by atomic mass is 9.94. The summed E-state index contributed by atoms with van der Waals surface area (Å²) in [5, 5.41) is 20.7. The van der Waals surface area contributed by atoms with Crippen LogP contribution in [0.1, 0.15) is 19.4 Å². The van der Waals surface area contributed by atoms with Crippen molar-refractivity contribution in [3.05, 3.63) is 28.0 Å². The molecule has 7 nitrogen and oxygen atoms in total. The molecular formula is C16H19NO6. The van der Waals surface area contributed by atoms with Crippen molar-refractivity contribution in [3.63, 3.8) is 0 Å². The molecule has 0 saturated carbocycles. The minimum Gasteiger partial charge on any atom is -0.496 e. The average molecular weight is 321 g/mol. The normalized spacial score (nSPS) is 15.0. The maximum atomic E-state index is 12.5. The number of aromatic amines is 1. The van der Waals surface area contributed by atoms with E-state index >= 15 is 0 Å². The number of rotatable bonds is 4. The summed E-state index contributed by atoms with van der Waals surface area (Å²) in [6.45, 7) is 3.06.